The molecule has 12 aromatic rings. The molecule has 0 aliphatic carbocycles. The molecular weight excluding hydrogens is 923 g/mol. The summed E-state index contributed by atoms with van der Waals surface area (Å²) in [6, 6.07) is 33.4. The number of hydrogen-bond acceptors (Lipinski definition) is 15. The molecule has 5 aromatic carbocycles. The van der Waals surface area contributed by atoms with E-state index in [0.29, 0.717) is 98.2 Å². The zero-order chi connectivity index (χ0) is 51.3. The molecular formula is C57H45N17. The Morgan fingerprint density at radius 3 is 0.905 bits per heavy atom. The lowest BCUT2D eigenvalue weighted by Gasteiger charge is -2.19. The zero-order valence-electron chi connectivity index (χ0n) is 42.3. The van der Waals surface area contributed by atoms with E-state index in [2.05, 4.69) is 83.7 Å². The molecule has 74 heavy (non-hydrogen) atoms. The Morgan fingerprint density at radius 1 is 0.311 bits per heavy atom. The summed E-state index contributed by atoms with van der Waals surface area (Å²) >= 11 is 0. The molecule has 0 saturated heterocycles. The highest BCUT2D eigenvalue weighted by Crippen LogP contribution is 2.43. The second kappa shape index (κ2) is 17.3. The Hall–Kier alpha value is -9.69. The Bertz CT molecular complexity index is 4090. The molecule has 0 radical (unpaired) electrons. The SMILES string of the molecule is Cc1cc(C)nc(-c2cc(-n3c4cc(-c5nc(C)nc(C)n5)ccc4c4ccc(-c5nc(C)nc(C)n5)cc43)c(C#N)cc2-n2c3cc(-c4nc(C)nc(C)n4)ccc3c3ccc(-c4nc(C)nc(C)n4)cc32)n1. The van der Waals surface area contributed by atoms with Gasteiger partial charge in [0.15, 0.2) is 29.1 Å². The third kappa shape index (κ3) is 7.89. The van der Waals surface area contributed by atoms with Crippen molar-refractivity contribution in [2.75, 3.05) is 0 Å². The van der Waals surface area contributed by atoms with Gasteiger partial charge in [0.05, 0.1) is 39.0 Å². The first-order valence-electron chi connectivity index (χ1n) is 24.0. The van der Waals surface area contributed by atoms with E-state index < -0.39 is 0 Å². The molecule has 0 bridgehead atoms. The monoisotopic (exact) mass is 967 g/mol. The number of nitrogens with zero attached hydrogens (tertiary/aromatic N) is 17. The summed E-state index contributed by atoms with van der Waals surface area (Å²) < 4.78 is 4.31. The summed E-state index contributed by atoms with van der Waals surface area (Å²) in [7, 11) is 0. The fraction of sp³-hybridized carbons (Fsp3) is 0.175. The number of aryl methyl sites for hydroxylation is 10. The van der Waals surface area contributed by atoms with Gasteiger partial charge in [-0.25, -0.2) is 69.8 Å². The van der Waals surface area contributed by atoms with E-state index in [4.69, 9.17) is 49.8 Å². The van der Waals surface area contributed by atoms with Crippen LogP contribution in [-0.4, -0.2) is 78.9 Å². The highest BCUT2D eigenvalue weighted by Gasteiger charge is 2.25. The van der Waals surface area contributed by atoms with Crippen molar-refractivity contribution in [1.82, 2.24) is 78.9 Å². The van der Waals surface area contributed by atoms with Crippen LogP contribution >= 0.6 is 0 Å². The Morgan fingerprint density at radius 2 is 0.608 bits per heavy atom. The van der Waals surface area contributed by atoms with Crippen LogP contribution in [0.15, 0.2) is 91.0 Å². The van der Waals surface area contributed by atoms with Gasteiger partial charge in [0.25, 0.3) is 0 Å². The topological polar surface area (TPSA) is 214 Å². The normalized spacial score (nSPS) is 11.6. The summed E-state index contributed by atoms with van der Waals surface area (Å²) in [5, 5.41) is 15.5. The first-order chi connectivity index (χ1) is 35.6. The average Bonchev–Trinajstić information content (AvgIpc) is 3.87. The van der Waals surface area contributed by atoms with Gasteiger partial charge >= 0.3 is 0 Å². The molecule has 12 rings (SSSR count). The van der Waals surface area contributed by atoms with Gasteiger partial charge in [0.1, 0.15) is 52.7 Å². The standard InChI is InChI=1S/C57H45N17/c1-27-19-28(2)60-57(59-27)46-25-47(73-48-20-37(53-65-29(3)61-30(4)66-53)11-15-42(48)43-16-12-38(21-49(43)73)54-67-31(5)62-32(6)68-54)41(26-58)24-52(46)74-50-22-39(55-69-33(7)63-34(8)70-55)13-17-44(50)45-18-14-40(23-51(45)74)56-71-35(9)64-36(10)72-56/h11-25H,1-10H3. The second-order valence-corrected chi connectivity index (χ2v) is 18.6. The van der Waals surface area contributed by atoms with Crippen molar-refractivity contribution >= 4 is 43.6 Å². The first kappa shape index (κ1) is 45.4. The van der Waals surface area contributed by atoms with Crippen molar-refractivity contribution in [3.63, 3.8) is 0 Å². The van der Waals surface area contributed by atoms with Crippen molar-refractivity contribution in [3.05, 3.63) is 155 Å². The summed E-state index contributed by atoms with van der Waals surface area (Å²) in [6.45, 7) is 18.8. The average molecular weight is 968 g/mol. The quantitative estimate of drug-likeness (QED) is 0.145. The lowest BCUT2D eigenvalue weighted by Crippen LogP contribution is -2.06. The molecule has 358 valence electrons. The van der Waals surface area contributed by atoms with Crippen molar-refractivity contribution in [1.29, 1.82) is 5.26 Å². The fourth-order valence-electron chi connectivity index (χ4n) is 10.2. The predicted molar refractivity (Wildman–Crippen MR) is 284 cm³/mol. The van der Waals surface area contributed by atoms with Crippen LogP contribution < -0.4 is 0 Å². The zero-order valence-corrected chi connectivity index (χ0v) is 42.3. The van der Waals surface area contributed by atoms with E-state index in [1.165, 1.54) is 0 Å². The van der Waals surface area contributed by atoms with Crippen LogP contribution in [0, 0.1) is 80.6 Å². The largest absolute Gasteiger partial charge is 0.308 e. The summed E-state index contributed by atoms with van der Waals surface area (Å²) in [5.74, 6) is 7.58. The Balaban J connectivity index is 1.21. The minimum absolute atomic E-state index is 0.385. The predicted octanol–water partition coefficient (Wildman–Crippen LogP) is 10.7. The third-order valence-corrected chi connectivity index (χ3v) is 12.9. The van der Waals surface area contributed by atoms with E-state index >= 15 is 0 Å². The van der Waals surface area contributed by atoms with Gasteiger partial charge in [-0.15, -0.1) is 0 Å². The molecule has 0 unspecified atom stereocenters. The number of rotatable bonds is 7. The molecule has 17 nitrogen and oxygen atoms in total. The van der Waals surface area contributed by atoms with Gasteiger partial charge < -0.3 is 9.13 Å². The number of benzene rings is 5. The van der Waals surface area contributed by atoms with Crippen LogP contribution in [-0.2, 0) is 0 Å². The number of hydrogen-bond donors (Lipinski definition) is 0. The smallest absolute Gasteiger partial charge is 0.163 e. The van der Waals surface area contributed by atoms with Crippen LogP contribution in [0.25, 0.3) is 112 Å². The number of nitriles is 1. The number of aromatic nitrogens is 16. The van der Waals surface area contributed by atoms with Crippen molar-refractivity contribution in [2.24, 2.45) is 0 Å². The molecule has 0 aliphatic heterocycles. The van der Waals surface area contributed by atoms with Gasteiger partial charge in [-0.05, 0) is 112 Å². The minimum atomic E-state index is 0.385. The summed E-state index contributed by atoms with van der Waals surface area (Å²) in [6.07, 6.45) is 0. The molecule has 0 amide bonds. The van der Waals surface area contributed by atoms with Crippen molar-refractivity contribution < 1.29 is 0 Å². The third-order valence-electron chi connectivity index (χ3n) is 12.9. The van der Waals surface area contributed by atoms with Gasteiger partial charge in [0.2, 0.25) is 0 Å². The summed E-state index contributed by atoms with van der Waals surface area (Å²) in [5.41, 5.74) is 10.4. The van der Waals surface area contributed by atoms with Gasteiger partial charge in [-0.1, -0.05) is 48.5 Å². The molecule has 0 saturated carbocycles. The maximum atomic E-state index is 11.6. The van der Waals surface area contributed by atoms with E-state index in [-0.39, 0.29) is 0 Å². The highest BCUT2D eigenvalue weighted by atomic mass is 15.1. The molecule has 0 N–H and O–H groups in total. The van der Waals surface area contributed by atoms with Gasteiger partial charge in [-0.3, -0.25) is 0 Å². The van der Waals surface area contributed by atoms with E-state index in [1.54, 1.807) is 0 Å². The molecule has 0 aliphatic rings. The summed E-state index contributed by atoms with van der Waals surface area (Å²) in [4.78, 5) is 66.2. The van der Waals surface area contributed by atoms with E-state index in [0.717, 1.165) is 77.3 Å². The van der Waals surface area contributed by atoms with Crippen molar-refractivity contribution in [2.45, 2.75) is 69.2 Å². The van der Waals surface area contributed by atoms with E-state index in [1.807, 2.05) is 112 Å². The van der Waals surface area contributed by atoms with Crippen LogP contribution in [0.2, 0.25) is 0 Å². The fourth-order valence-corrected chi connectivity index (χ4v) is 10.2. The molecule has 7 aromatic heterocycles. The Labute approximate surface area is 424 Å². The maximum absolute atomic E-state index is 11.6. The van der Waals surface area contributed by atoms with Crippen LogP contribution in [0.4, 0.5) is 0 Å². The van der Waals surface area contributed by atoms with Gasteiger partial charge in [0, 0.05) is 60.8 Å². The molecule has 0 spiro atoms. The van der Waals surface area contributed by atoms with Crippen molar-refractivity contribution in [3.8, 4) is 74.4 Å². The second-order valence-electron chi connectivity index (χ2n) is 18.6. The number of fused-ring (bicyclic) bond motifs is 6. The molecule has 0 fully saturated rings. The van der Waals surface area contributed by atoms with Crippen LogP contribution in [0.1, 0.15) is 63.5 Å². The Kier molecular flexibility index (Phi) is 10.6. The maximum Gasteiger partial charge on any atom is 0.163 e. The lowest BCUT2D eigenvalue weighted by atomic mass is 10.0. The first-order valence-corrected chi connectivity index (χ1v) is 24.0. The molecule has 0 atom stereocenters. The minimum Gasteiger partial charge on any atom is -0.308 e. The van der Waals surface area contributed by atoms with Gasteiger partial charge in [-0.2, -0.15) is 5.26 Å². The highest BCUT2D eigenvalue weighted by molar-refractivity contribution is 6.13. The van der Waals surface area contributed by atoms with E-state index in [9.17, 15) is 5.26 Å². The lowest BCUT2D eigenvalue weighted by molar-refractivity contribution is 0.928. The van der Waals surface area contributed by atoms with Crippen LogP contribution in [0.5, 0.6) is 0 Å². The molecule has 17 heteroatoms. The van der Waals surface area contributed by atoms with Crippen LogP contribution in [0.3, 0.4) is 0 Å². The molecule has 7 heterocycles.